The van der Waals surface area contributed by atoms with Gasteiger partial charge in [-0.25, -0.2) is 4.79 Å². The molecule has 1 aliphatic heterocycles. The van der Waals surface area contributed by atoms with E-state index in [4.69, 9.17) is 0 Å². The molecule has 2 unspecified atom stereocenters. The molecule has 0 aliphatic carbocycles. The average Bonchev–Trinajstić information content (AvgIpc) is 2.49. The van der Waals surface area contributed by atoms with Crippen LogP contribution < -0.4 is 0 Å². The Morgan fingerprint density at radius 1 is 1.19 bits per heavy atom. The van der Waals surface area contributed by atoms with Crippen molar-refractivity contribution in [2.75, 3.05) is 5.33 Å². The molecule has 0 saturated carbocycles. The summed E-state index contributed by atoms with van der Waals surface area (Å²) >= 11 is 3.29. The normalized spacial score (nSPS) is 25.1. The first kappa shape index (κ1) is 13.2. The Labute approximate surface area is 103 Å². The highest BCUT2D eigenvalue weighted by Crippen LogP contribution is 2.27. The van der Waals surface area contributed by atoms with Crippen LogP contribution in [0, 0.1) is 0 Å². The molecule has 90 valence electrons. The SMILES string of the molecule is CCC1C(CBr)N(C(C)=O)C(=O)N1C(C)=O. The number of nitrogens with zero attached hydrogens (tertiary/aromatic N) is 2. The molecule has 1 aliphatic rings. The van der Waals surface area contributed by atoms with Gasteiger partial charge in [-0.05, 0) is 6.42 Å². The van der Waals surface area contributed by atoms with Crippen LogP contribution in [0.1, 0.15) is 27.2 Å². The Morgan fingerprint density at radius 3 is 1.94 bits per heavy atom. The minimum absolute atomic E-state index is 0.228. The Morgan fingerprint density at radius 2 is 1.62 bits per heavy atom. The van der Waals surface area contributed by atoms with Gasteiger partial charge in [0.15, 0.2) is 0 Å². The second kappa shape index (κ2) is 4.95. The molecule has 4 amide bonds. The zero-order valence-electron chi connectivity index (χ0n) is 9.57. The maximum Gasteiger partial charge on any atom is 0.334 e. The Bertz CT molecular complexity index is 302. The van der Waals surface area contributed by atoms with Crippen molar-refractivity contribution < 1.29 is 14.4 Å². The third kappa shape index (κ3) is 1.98. The van der Waals surface area contributed by atoms with E-state index in [1.54, 1.807) is 0 Å². The van der Waals surface area contributed by atoms with Crippen molar-refractivity contribution >= 4 is 33.8 Å². The van der Waals surface area contributed by atoms with E-state index in [2.05, 4.69) is 15.9 Å². The van der Waals surface area contributed by atoms with E-state index in [1.165, 1.54) is 18.7 Å². The van der Waals surface area contributed by atoms with Gasteiger partial charge < -0.3 is 0 Å². The maximum atomic E-state index is 11.9. The lowest BCUT2D eigenvalue weighted by Crippen LogP contribution is -2.40. The van der Waals surface area contributed by atoms with E-state index in [0.29, 0.717) is 11.8 Å². The van der Waals surface area contributed by atoms with Crippen molar-refractivity contribution in [3.63, 3.8) is 0 Å². The molecule has 0 aromatic carbocycles. The predicted octanol–water partition coefficient (Wildman–Crippen LogP) is 1.36. The molecule has 5 nitrogen and oxygen atoms in total. The topological polar surface area (TPSA) is 57.7 Å². The van der Waals surface area contributed by atoms with Gasteiger partial charge in [0.05, 0.1) is 12.1 Å². The second-order valence-corrected chi connectivity index (χ2v) is 4.41. The number of carbonyl (C=O) groups excluding carboxylic acids is 3. The standard InChI is InChI=1S/C10H15BrN2O3/c1-4-8-9(5-11)13(7(3)15)10(16)12(8)6(2)14/h8-9H,4-5H2,1-3H3. The largest absolute Gasteiger partial charge is 0.334 e. The molecule has 0 spiro atoms. The number of hydrogen-bond donors (Lipinski definition) is 0. The summed E-state index contributed by atoms with van der Waals surface area (Å²) in [6, 6.07) is -0.997. The predicted molar refractivity (Wildman–Crippen MR) is 62.1 cm³/mol. The van der Waals surface area contributed by atoms with Crippen molar-refractivity contribution in [2.24, 2.45) is 0 Å². The van der Waals surface area contributed by atoms with Crippen LogP contribution in [0.15, 0.2) is 0 Å². The summed E-state index contributed by atoms with van der Waals surface area (Å²) < 4.78 is 0. The molecule has 0 N–H and O–H groups in total. The molecule has 6 heteroatoms. The third-order valence-electron chi connectivity index (χ3n) is 2.77. The van der Waals surface area contributed by atoms with Crippen LogP contribution >= 0.6 is 15.9 Å². The van der Waals surface area contributed by atoms with Gasteiger partial charge in [0.1, 0.15) is 0 Å². The first-order chi connectivity index (χ1) is 7.45. The van der Waals surface area contributed by atoms with Crippen LogP contribution in [0.4, 0.5) is 4.79 Å². The van der Waals surface area contributed by atoms with Crippen LogP contribution in [0.5, 0.6) is 0 Å². The van der Waals surface area contributed by atoms with E-state index in [9.17, 15) is 14.4 Å². The summed E-state index contributed by atoms with van der Waals surface area (Å²) in [5.74, 6) is -0.636. The fourth-order valence-electron chi connectivity index (χ4n) is 2.11. The third-order valence-corrected chi connectivity index (χ3v) is 3.44. The highest BCUT2D eigenvalue weighted by molar-refractivity contribution is 9.09. The summed E-state index contributed by atoms with van der Waals surface area (Å²) in [5, 5.41) is 0.487. The highest BCUT2D eigenvalue weighted by Gasteiger charge is 2.47. The number of urea groups is 1. The number of carbonyl (C=O) groups is 3. The summed E-state index contributed by atoms with van der Waals surface area (Å²) in [6.07, 6.45) is 0.644. The Kier molecular flexibility index (Phi) is 4.07. The van der Waals surface area contributed by atoms with Gasteiger partial charge in [0.2, 0.25) is 11.8 Å². The van der Waals surface area contributed by atoms with Crippen molar-refractivity contribution in [1.29, 1.82) is 0 Å². The van der Waals surface area contributed by atoms with Crippen molar-refractivity contribution in [3.8, 4) is 0 Å². The smallest absolute Gasteiger partial charge is 0.275 e. The summed E-state index contributed by atoms with van der Waals surface area (Å²) in [7, 11) is 0. The Hall–Kier alpha value is -0.910. The molecule has 16 heavy (non-hydrogen) atoms. The minimum atomic E-state index is -0.503. The monoisotopic (exact) mass is 290 g/mol. The molecular weight excluding hydrogens is 276 g/mol. The molecule has 0 radical (unpaired) electrons. The number of imide groups is 2. The lowest BCUT2D eigenvalue weighted by atomic mass is 10.1. The van der Waals surface area contributed by atoms with Gasteiger partial charge in [-0.1, -0.05) is 22.9 Å². The molecule has 1 rings (SSSR count). The molecule has 1 saturated heterocycles. The van der Waals surface area contributed by atoms with Gasteiger partial charge in [-0.15, -0.1) is 0 Å². The minimum Gasteiger partial charge on any atom is -0.275 e. The van der Waals surface area contributed by atoms with Crippen LogP contribution in [0.3, 0.4) is 0 Å². The van der Waals surface area contributed by atoms with E-state index in [1.807, 2.05) is 6.92 Å². The molecule has 0 aromatic heterocycles. The number of hydrogen-bond acceptors (Lipinski definition) is 3. The number of amides is 4. The molecule has 1 fully saturated rings. The van der Waals surface area contributed by atoms with Crippen LogP contribution in [0.2, 0.25) is 0 Å². The van der Waals surface area contributed by atoms with Crippen molar-refractivity contribution in [3.05, 3.63) is 0 Å². The molecule has 0 aromatic rings. The second-order valence-electron chi connectivity index (χ2n) is 3.76. The first-order valence-electron chi connectivity index (χ1n) is 5.15. The summed E-state index contributed by atoms with van der Waals surface area (Å²) in [6.45, 7) is 4.58. The fourth-order valence-corrected chi connectivity index (χ4v) is 2.83. The molecular formula is C10H15BrN2O3. The Balaban J connectivity index is 3.12. The van der Waals surface area contributed by atoms with E-state index in [-0.39, 0.29) is 23.9 Å². The maximum absolute atomic E-state index is 11.9. The first-order valence-corrected chi connectivity index (χ1v) is 6.27. The zero-order chi connectivity index (χ0) is 12.5. The van der Waals surface area contributed by atoms with Gasteiger partial charge in [0, 0.05) is 19.2 Å². The van der Waals surface area contributed by atoms with Gasteiger partial charge in [-0.3, -0.25) is 19.4 Å². The fraction of sp³-hybridized carbons (Fsp3) is 0.700. The van der Waals surface area contributed by atoms with Gasteiger partial charge >= 0.3 is 6.03 Å². The average molecular weight is 291 g/mol. The zero-order valence-corrected chi connectivity index (χ0v) is 11.2. The lowest BCUT2D eigenvalue weighted by molar-refractivity contribution is -0.127. The van der Waals surface area contributed by atoms with Crippen molar-refractivity contribution in [2.45, 2.75) is 39.3 Å². The number of rotatable bonds is 2. The highest BCUT2D eigenvalue weighted by atomic mass is 79.9. The number of halogens is 1. The molecule has 2 atom stereocenters. The van der Waals surface area contributed by atoms with E-state index in [0.717, 1.165) is 4.90 Å². The van der Waals surface area contributed by atoms with E-state index >= 15 is 0 Å². The molecule has 1 heterocycles. The van der Waals surface area contributed by atoms with Gasteiger partial charge in [0.25, 0.3) is 0 Å². The number of alkyl halides is 1. The van der Waals surface area contributed by atoms with Crippen LogP contribution in [-0.4, -0.2) is 45.1 Å². The summed E-state index contributed by atoms with van der Waals surface area (Å²) in [4.78, 5) is 37.1. The lowest BCUT2D eigenvalue weighted by Gasteiger charge is -2.22. The quantitative estimate of drug-likeness (QED) is 0.722. The molecule has 0 bridgehead atoms. The summed E-state index contributed by atoms with van der Waals surface area (Å²) in [5.41, 5.74) is 0. The van der Waals surface area contributed by atoms with E-state index < -0.39 is 6.03 Å². The van der Waals surface area contributed by atoms with Crippen LogP contribution in [-0.2, 0) is 9.59 Å². The van der Waals surface area contributed by atoms with Crippen LogP contribution in [0.25, 0.3) is 0 Å². The van der Waals surface area contributed by atoms with Gasteiger partial charge in [-0.2, -0.15) is 0 Å². The van der Waals surface area contributed by atoms with Crippen molar-refractivity contribution in [1.82, 2.24) is 9.80 Å².